The summed E-state index contributed by atoms with van der Waals surface area (Å²) in [7, 11) is -4.07. The van der Waals surface area contributed by atoms with Gasteiger partial charge in [0.05, 0.1) is 10.5 Å². The lowest BCUT2D eigenvalue weighted by molar-refractivity contribution is -0.134. The maximum Gasteiger partial charge on any atom is 0.308 e. The highest BCUT2D eigenvalue weighted by Crippen LogP contribution is 2.30. The van der Waals surface area contributed by atoms with Crippen LogP contribution in [0.15, 0.2) is 77.7 Å². The van der Waals surface area contributed by atoms with Crippen LogP contribution in [0.5, 0.6) is 5.75 Å². The van der Waals surface area contributed by atoms with Crippen LogP contribution in [0.3, 0.4) is 0 Å². The number of piperidine rings is 1. The number of aryl methyl sites for hydroxylation is 1. The number of benzene rings is 3. The normalized spacial score (nSPS) is 14.9. The molecule has 1 aliphatic rings. The molecule has 1 heterocycles. The van der Waals surface area contributed by atoms with Gasteiger partial charge in [0.1, 0.15) is 17.6 Å². The van der Waals surface area contributed by atoms with Crippen molar-refractivity contribution in [3.05, 3.63) is 95.1 Å². The minimum absolute atomic E-state index is 0.0383. The Morgan fingerprint density at radius 2 is 1.68 bits per heavy atom. The largest absolute Gasteiger partial charge is 0.426 e. The first-order chi connectivity index (χ1) is 19.0. The van der Waals surface area contributed by atoms with E-state index in [2.05, 4.69) is 16.9 Å². The van der Waals surface area contributed by atoms with Gasteiger partial charge in [0.25, 0.3) is 0 Å². The number of sulfonamides is 1. The summed E-state index contributed by atoms with van der Waals surface area (Å²) in [5.74, 6) is -0.956. The van der Waals surface area contributed by atoms with Crippen LogP contribution in [0.1, 0.15) is 47.9 Å². The number of rotatable bonds is 9. The lowest BCUT2D eigenvalue weighted by Gasteiger charge is -2.34. The van der Waals surface area contributed by atoms with E-state index >= 15 is 0 Å². The molecule has 9 nitrogen and oxygen atoms in total. The van der Waals surface area contributed by atoms with E-state index in [0.717, 1.165) is 18.4 Å². The van der Waals surface area contributed by atoms with E-state index in [-0.39, 0.29) is 34.4 Å². The molecule has 210 valence electrons. The molecule has 0 aromatic heterocycles. The van der Waals surface area contributed by atoms with E-state index < -0.39 is 22.0 Å². The molecule has 3 aromatic carbocycles. The zero-order valence-corrected chi connectivity index (χ0v) is 23.4. The van der Waals surface area contributed by atoms with Gasteiger partial charge < -0.3 is 15.4 Å². The van der Waals surface area contributed by atoms with E-state index in [4.69, 9.17) is 15.9 Å². The Bertz CT molecular complexity index is 1480. The third kappa shape index (κ3) is 6.94. The average molecular weight is 563 g/mol. The van der Waals surface area contributed by atoms with Crippen LogP contribution < -0.4 is 15.2 Å². The Morgan fingerprint density at radius 3 is 2.27 bits per heavy atom. The third-order valence-corrected chi connectivity index (χ3v) is 8.55. The van der Waals surface area contributed by atoms with Crippen LogP contribution in [0, 0.1) is 12.3 Å². The number of hydrogen-bond donors (Lipinski definition) is 3. The highest BCUT2D eigenvalue weighted by molar-refractivity contribution is 7.89. The number of amides is 1. The Hall–Kier alpha value is -4.02. The number of carbonyl (C=O) groups is 2. The molecule has 0 spiro atoms. The van der Waals surface area contributed by atoms with Gasteiger partial charge in [0.15, 0.2) is 0 Å². The van der Waals surface area contributed by atoms with Crippen LogP contribution in [-0.2, 0) is 26.0 Å². The van der Waals surface area contributed by atoms with E-state index in [1.807, 2.05) is 25.1 Å². The molecule has 4 N–H and O–H groups in total. The molecule has 40 heavy (non-hydrogen) atoms. The predicted molar refractivity (Wildman–Crippen MR) is 153 cm³/mol. The first kappa shape index (κ1) is 29.0. The van der Waals surface area contributed by atoms with Crippen molar-refractivity contribution in [3.8, 4) is 5.75 Å². The number of carbonyl (C=O) groups excluding carboxylic acids is 2. The number of likely N-dealkylation sites (tertiary alicyclic amines) is 1. The highest BCUT2D eigenvalue weighted by Gasteiger charge is 2.33. The van der Waals surface area contributed by atoms with Crippen molar-refractivity contribution in [2.75, 3.05) is 13.1 Å². The van der Waals surface area contributed by atoms with Crippen LogP contribution >= 0.6 is 0 Å². The third-order valence-electron chi connectivity index (χ3n) is 7.06. The molecular weight excluding hydrogens is 528 g/mol. The van der Waals surface area contributed by atoms with Gasteiger partial charge in [-0.1, -0.05) is 60.2 Å². The molecule has 1 atom stereocenters. The summed E-state index contributed by atoms with van der Waals surface area (Å²) in [6, 6.07) is 20.1. The number of nitrogen functional groups attached to an aromatic ring is 1. The summed E-state index contributed by atoms with van der Waals surface area (Å²) in [5, 5.41) is 7.91. The fourth-order valence-corrected chi connectivity index (χ4v) is 6.16. The van der Waals surface area contributed by atoms with Gasteiger partial charge in [-0.25, -0.2) is 8.42 Å². The van der Waals surface area contributed by atoms with Gasteiger partial charge in [0, 0.05) is 26.4 Å². The van der Waals surface area contributed by atoms with Crippen molar-refractivity contribution in [2.24, 2.45) is 5.73 Å². The first-order valence-electron chi connectivity index (χ1n) is 13.1. The maximum absolute atomic E-state index is 13.9. The second-order valence-corrected chi connectivity index (χ2v) is 11.7. The van der Waals surface area contributed by atoms with E-state index in [1.165, 1.54) is 30.7 Å². The minimum atomic E-state index is -4.07. The van der Waals surface area contributed by atoms with Gasteiger partial charge in [-0.15, -0.1) is 0 Å². The fourth-order valence-electron chi connectivity index (χ4n) is 4.97. The van der Waals surface area contributed by atoms with Crippen molar-refractivity contribution in [1.29, 1.82) is 5.41 Å². The molecule has 1 aliphatic heterocycles. The molecule has 10 heteroatoms. The Balaban J connectivity index is 1.64. The number of esters is 1. The summed E-state index contributed by atoms with van der Waals surface area (Å²) < 4.78 is 34.8. The SMILES string of the molecule is CC(=O)Oc1c(CC(NS(=O)(=O)c2ccc(C)cc2)C(=O)N2CCC(c3ccccc3)CC2)cccc1C(=N)N. The van der Waals surface area contributed by atoms with Crippen LogP contribution in [0.25, 0.3) is 0 Å². The molecule has 1 amide bonds. The van der Waals surface area contributed by atoms with Crippen LogP contribution in [0.2, 0.25) is 0 Å². The van der Waals surface area contributed by atoms with Crippen molar-refractivity contribution in [3.63, 3.8) is 0 Å². The number of amidine groups is 1. The summed E-state index contributed by atoms with van der Waals surface area (Å²) in [6.07, 6.45) is 1.41. The zero-order chi connectivity index (χ0) is 28.9. The van der Waals surface area contributed by atoms with Crippen molar-refractivity contribution in [1.82, 2.24) is 9.62 Å². The number of hydrogen-bond acceptors (Lipinski definition) is 6. The van der Waals surface area contributed by atoms with Gasteiger partial charge in [0.2, 0.25) is 15.9 Å². The zero-order valence-electron chi connectivity index (χ0n) is 22.6. The molecular formula is C30H34N4O5S. The smallest absolute Gasteiger partial charge is 0.308 e. The second kappa shape index (κ2) is 12.4. The first-order valence-corrected chi connectivity index (χ1v) is 14.6. The Labute approximate surface area is 234 Å². The maximum atomic E-state index is 13.9. The lowest BCUT2D eigenvalue weighted by Crippen LogP contribution is -2.51. The number of nitrogens with two attached hydrogens (primary N) is 1. The average Bonchev–Trinajstić information content (AvgIpc) is 2.93. The Morgan fingerprint density at radius 1 is 1.02 bits per heavy atom. The molecule has 3 aromatic rings. The number of para-hydroxylation sites is 1. The van der Waals surface area contributed by atoms with Crippen LogP contribution in [0.4, 0.5) is 0 Å². The summed E-state index contributed by atoms with van der Waals surface area (Å²) in [5.41, 5.74) is 8.41. The van der Waals surface area contributed by atoms with Crippen molar-refractivity contribution >= 4 is 27.7 Å². The standard InChI is InChI=1S/C30H34N4O5S/c1-20-11-13-25(14-12-20)40(37,38)33-27(19-24-9-6-10-26(29(31)32)28(24)39-21(2)35)30(36)34-17-15-23(16-18-34)22-7-4-3-5-8-22/h3-14,23,27,33H,15-19H2,1-2H3,(H3,31,32). The predicted octanol–water partition coefficient (Wildman–Crippen LogP) is 3.50. The molecule has 0 saturated carbocycles. The van der Waals surface area contributed by atoms with Crippen molar-refractivity contribution < 1.29 is 22.7 Å². The van der Waals surface area contributed by atoms with E-state index in [1.54, 1.807) is 29.2 Å². The molecule has 1 unspecified atom stereocenters. The summed E-state index contributed by atoms with van der Waals surface area (Å²) in [4.78, 5) is 27.5. The number of nitrogens with one attached hydrogen (secondary N) is 2. The summed E-state index contributed by atoms with van der Waals surface area (Å²) >= 11 is 0. The monoisotopic (exact) mass is 562 g/mol. The molecule has 1 fully saturated rings. The van der Waals surface area contributed by atoms with Crippen molar-refractivity contribution in [2.45, 2.75) is 50.0 Å². The van der Waals surface area contributed by atoms with E-state index in [9.17, 15) is 18.0 Å². The number of ether oxygens (including phenoxy) is 1. The highest BCUT2D eigenvalue weighted by atomic mass is 32.2. The van der Waals surface area contributed by atoms with Crippen LogP contribution in [-0.4, -0.2) is 50.2 Å². The van der Waals surface area contributed by atoms with Gasteiger partial charge in [-0.2, -0.15) is 4.72 Å². The Kier molecular flexibility index (Phi) is 9.01. The second-order valence-electron chi connectivity index (χ2n) is 10.0. The van der Waals surface area contributed by atoms with Gasteiger partial charge in [-0.3, -0.25) is 15.0 Å². The molecule has 0 radical (unpaired) electrons. The topological polar surface area (TPSA) is 143 Å². The fraction of sp³-hybridized carbons (Fsp3) is 0.300. The molecule has 0 bridgehead atoms. The molecule has 4 rings (SSSR count). The van der Waals surface area contributed by atoms with Gasteiger partial charge in [-0.05, 0) is 55.0 Å². The lowest BCUT2D eigenvalue weighted by atomic mass is 9.89. The summed E-state index contributed by atoms with van der Waals surface area (Å²) in [6.45, 7) is 4.03. The molecule has 1 saturated heterocycles. The quantitative estimate of drug-likeness (QED) is 0.158. The van der Waals surface area contributed by atoms with E-state index in [0.29, 0.717) is 24.6 Å². The minimum Gasteiger partial charge on any atom is -0.426 e. The van der Waals surface area contributed by atoms with Gasteiger partial charge >= 0.3 is 5.97 Å². The molecule has 0 aliphatic carbocycles. The number of nitrogens with zero attached hydrogens (tertiary/aromatic N) is 1.